The number of Topliss-reactive ketones (excluding diaryl/α,β-unsaturated/α-hetero) is 3. The Kier molecular flexibility index (Phi) is 25.8. The van der Waals surface area contributed by atoms with Crippen molar-refractivity contribution in [1.29, 1.82) is 0 Å². The molecule has 5 aromatic rings. The number of cyclic esters (lactones) is 1. The summed E-state index contributed by atoms with van der Waals surface area (Å²) in [5.41, 5.74) is 17.4. The van der Waals surface area contributed by atoms with E-state index >= 15 is 0 Å². The maximum absolute atomic E-state index is 14.7. The van der Waals surface area contributed by atoms with Gasteiger partial charge in [-0.2, -0.15) is 10.1 Å². The highest BCUT2D eigenvalue weighted by molar-refractivity contribution is 6.39. The number of nitrogen functional groups attached to an aromatic ring is 2. The molecule has 528 valence electrons. The van der Waals surface area contributed by atoms with E-state index in [-0.39, 0.29) is 79.5 Å². The Bertz CT molecular complexity index is 3650. The number of ketones is 3. The number of aromatic nitrogens is 8. The highest BCUT2D eigenvalue weighted by atomic mass is 16.6. The minimum Gasteiger partial charge on any atom is -0.460 e. The maximum atomic E-state index is 14.7. The van der Waals surface area contributed by atoms with Crippen LogP contribution in [-0.2, 0) is 72.1 Å². The summed E-state index contributed by atoms with van der Waals surface area (Å²) < 4.78 is 46.1. The van der Waals surface area contributed by atoms with Crippen LogP contribution in [0.3, 0.4) is 0 Å². The van der Waals surface area contributed by atoms with E-state index in [1.807, 2.05) is 81.1 Å². The van der Waals surface area contributed by atoms with Gasteiger partial charge in [0.05, 0.1) is 61.9 Å². The molecule has 0 radical (unpaired) electrons. The van der Waals surface area contributed by atoms with Gasteiger partial charge in [-0.3, -0.25) is 23.9 Å². The lowest BCUT2D eigenvalue weighted by molar-refractivity contribution is -0.265. The molecule has 6 N–H and O–H groups in total. The summed E-state index contributed by atoms with van der Waals surface area (Å²) in [6.45, 7) is 16.8. The molecule has 4 aromatic heterocycles. The van der Waals surface area contributed by atoms with Gasteiger partial charge in [0.15, 0.2) is 11.2 Å². The molecule has 2 saturated heterocycles. The summed E-state index contributed by atoms with van der Waals surface area (Å²) in [6.07, 6.45) is 18.2. The lowest BCUT2D eigenvalue weighted by Gasteiger charge is -2.42. The van der Waals surface area contributed by atoms with Crippen molar-refractivity contribution < 1.29 is 67.0 Å². The Morgan fingerprint density at radius 1 is 0.866 bits per heavy atom. The molecule has 3 fully saturated rings. The lowest BCUT2D eigenvalue weighted by atomic mass is 9.78. The quantitative estimate of drug-likeness (QED) is 0.0291. The Balaban J connectivity index is 0.804. The number of aliphatic hydroxyl groups excluding tert-OH is 1. The summed E-state index contributed by atoms with van der Waals surface area (Å²) in [6, 6.07) is 4.44. The summed E-state index contributed by atoms with van der Waals surface area (Å²) in [5, 5.41) is 37.9. The van der Waals surface area contributed by atoms with Gasteiger partial charge in [0.2, 0.25) is 5.79 Å². The highest BCUT2D eigenvalue weighted by Gasteiger charge is 2.53. The van der Waals surface area contributed by atoms with Crippen LogP contribution in [0.1, 0.15) is 151 Å². The number of anilines is 2. The number of hydrogen-bond donors (Lipinski definition) is 4. The first-order valence-electron chi connectivity index (χ1n) is 34.6. The van der Waals surface area contributed by atoms with E-state index in [0.717, 1.165) is 30.4 Å². The second-order valence-corrected chi connectivity index (χ2v) is 27.6. The van der Waals surface area contributed by atoms with E-state index in [1.165, 1.54) is 11.2 Å². The number of carbonyl (C=O) groups excluding carboxylic acids is 5. The largest absolute Gasteiger partial charge is 0.460 e. The molecule has 7 heterocycles. The number of allylic oxidation sites excluding steroid dienone is 6. The molecule has 1 aliphatic carbocycles. The van der Waals surface area contributed by atoms with Crippen LogP contribution in [0, 0.1) is 41.4 Å². The molecular weight excluding hydrogens is 1240 g/mol. The fraction of sp³-hybridized carbons (Fsp3) is 0.625. The van der Waals surface area contributed by atoms with Crippen LogP contribution in [0.15, 0.2) is 82.7 Å². The second-order valence-electron chi connectivity index (χ2n) is 27.6. The molecular formula is C72H101N11O14. The van der Waals surface area contributed by atoms with Crippen LogP contribution in [-0.4, -0.2) is 166 Å². The number of ether oxygens (including phenoxy) is 6. The van der Waals surface area contributed by atoms with E-state index in [0.29, 0.717) is 129 Å². The van der Waals surface area contributed by atoms with Crippen LogP contribution >= 0.6 is 0 Å². The van der Waals surface area contributed by atoms with E-state index in [9.17, 15) is 34.2 Å². The third kappa shape index (κ3) is 18.5. The number of fused-ring (bicyclic) bond motifs is 5. The van der Waals surface area contributed by atoms with Crippen LogP contribution in [0.2, 0.25) is 0 Å². The van der Waals surface area contributed by atoms with Crippen molar-refractivity contribution in [3.8, 4) is 11.3 Å². The molecule has 1 aromatic carbocycles. The minimum absolute atomic E-state index is 0.0510. The van der Waals surface area contributed by atoms with Crippen molar-refractivity contribution >= 4 is 63.2 Å². The van der Waals surface area contributed by atoms with Gasteiger partial charge >= 0.3 is 5.97 Å². The molecule has 3 aliphatic heterocycles. The number of methoxy groups -OCH3 is 2. The number of hydrogen-bond acceptors (Lipinski definition) is 22. The van der Waals surface area contributed by atoms with E-state index in [1.54, 1.807) is 58.7 Å². The number of unbranched alkanes of at least 4 members (excludes halogenated alkanes) is 1. The molecule has 25 nitrogen and oxygen atoms in total. The van der Waals surface area contributed by atoms with Crippen molar-refractivity contribution in [1.82, 2.24) is 44.6 Å². The fourth-order valence-corrected chi connectivity index (χ4v) is 14.3. The summed E-state index contributed by atoms with van der Waals surface area (Å²) in [4.78, 5) is 86.2. The topological polar surface area (TPSA) is 337 Å². The molecule has 25 heteroatoms. The van der Waals surface area contributed by atoms with Gasteiger partial charge in [-0.05, 0) is 138 Å². The molecule has 0 unspecified atom stereocenters. The van der Waals surface area contributed by atoms with Crippen LogP contribution in [0.4, 0.5) is 11.8 Å². The number of benzene rings is 1. The molecule has 97 heavy (non-hydrogen) atoms. The number of nitrogens with two attached hydrogens (primary N) is 2. The molecule has 1 amide bonds. The van der Waals surface area contributed by atoms with Crippen molar-refractivity contribution in [2.75, 3.05) is 45.4 Å². The first-order chi connectivity index (χ1) is 46.5. The second kappa shape index (κ2) is 33.9. The number of aliphatic hydroxyl groups is 2. The number of carbonyl (C=O) groups is 5. The Labute approximate surface area is 568 Å². The third-order valence-corrected chi connectivity index (χ3v) is 20.2. The number of aryl methyl sites for hydroxylation is 2. The lowest BCUT2D eigenvalue weighted by Crippen LogP contribution is -2.61. The molecule has 1 saturated carbocycles. The number of esters is 1. The minimum atomic E-state index is -2.45. The van der Waals surface area contributed by atoms with Crippen molar-refractivity contribution in [2.45, 2.75) is 213 Å². The normalized spacial score (nSPS) is 31.1. The van der Waals surface area contributed by atoms with Crippen molar-refractivity contribution in [3.05, 3.63) is 84.0 Å². The number of piperidine rings is 1. The molecule has 2 bridgehead atoms. The molecule has 0 spiro atoms. The number of rotatable bonds is 17. The third-order valence-electron chi connectivity index (χ3n) is 20.2. The summed E-state index contributed by atoms with van der Waals surface area (Å²) >= 11 is 0. The maximum Gasteiger partial charge on any atom is 0.329 e. The van der Waals surface area contributed by atoms with Gasteiger partial charge < -0.3 is 59.4 Å². The number of nitrogens with zero attached hydrogens (tertiary/aromatic N) is 9. The predicted molar refractivity (Wildman–Crippen MR) is 363 cm³/mol. The zero-order valence-corrected chi connectivity index (χ0v) is 58.0. The predicted octanol–water partition coefficient (Wildman–Crippen LogP) is 9.23. The van der Waals surface area contributed by atoms with Gasteiger partial charge in [-0.1, -0.05) is 83.2 Å². The SMILES string of the molecule is CO[C@H]1C[C@@H]2CC[C@@H](C)[C@@](O)(O2)C(=O)C(=O)N2CCCC[C@H]2C(=O)O[C@H]([C@H](C)C[C@@H]2CC[C@@H](OCCOCc3cn(CCCCn4nc(-c5ccc6oc(N)nc6c5)c5c(N)ncnc54)nn3)[C@H](OC)C2)CC(=O)[C@H](C)/C=C(\C)[C@@H](O)[C@@H](C)C(=O)[C@H](C)C[C@H](C)/C=C/C=C/C=C/1C. The van der Waals surface area contributed by atoms with Crippen LogP contribution in [0.5, 0.6) is 0 Å². The first-order valence-corrected chi connectivity index (χ1v) is 34.6. The van der Waals surface area contributed by atoms with Gasteiger partial charge in [0.1, 0.15) is 52.8 Å². The Morgan fingerprint density at radius 2 is 1.66 bits per heavy atom. The standard InChI is InChI=1S/C72H101N11O14/c1-42-18-12-11-13-19-43(2)59(91-9)37-53-24-21-48(7)72(90,97-53)66(87)69(88)82-28-15-14-20-55(82)70(89)95-60(38-56(84)44(3)33-47(6)65(86)49(8)64(85)46(5)32-42)45(4)34-50-22-25-58(61(35-50)92-10)94-31-30-93-40-52-39-81(80-78-52)27-16-17-29-83-68-62(67(73)75-41-76-68)63(79-83)51-23-26-57-54(36-51)77-71(74)96-57/h11-13,18-19,23,26,33,36,39,41-42,44-46,48-50,53,55,58-61,65,86,90H,14-17,20-22,24-25,27-32,34-35,37-38,40H2,1-10H3,(H2,74,77)(H2,73,75,76)/b13-11+,18-12+,43-19+,47-33+/t42-,44-,45-,46-,48-,49+,50+,53+,55+,58-,59+,60+,61-,65-,72-/m1/s1. The fourth-order valence-electron chi connectivity index (χ4n) is 14.3. The van der Waals surface area contributed by atoms with Gasteiger partial charge in [-0.15, -0.1) is 5.10 Å². The molecule has 15 atom stereocenters. The Morgan fingerprint density at radius 3 is 2.44 bits per heavy atom. The van der Waals surface area contributed by atoms with Crippen molar-refractivity contribution in [3.63, 3.8) is 0 Å². The molecule has 9 rings (SSSR count). The van der Waals surface area contributed by atoms with Crippen LogP contribution < -0.4 is 11.5 Å². The smallest absolute Gasteiger partial charge is 0.329 e. The summed E-state index contributed by atoms with van der Waals surface area (Å²) in [5.74, 6) is -8.12. The van der Waals surface area contributed by atoms with Crippen molar-refractivity contribution in [2.24, 2.45) is 41.4 Å². The average Bonchev–Trinajstić information content (AvgIpc) is 1.72. The average molecular weight is 1340 g/mol. The Hall–Kier alpha value is -7.39. The van der Waals surface area contributed by atoms with Gasteiger partial charge in [-0.25, -0.2) is 19.4 Å². The van der Waals surface area contributed by atoms with E-state index in [4.69, 9.17) is 49.4 Å². The zero-order chi connectivity index (χ0) is 69.7. The van der Waals surface area contributed by atoms with Gasteiger partial charge in [0, 0.05) is 75.9 Å². The highest BCUT2D eigenvalue weighted by Crippen LogP contribution is 2.39. The van der Waals surface area contributed by atoms with Crippen LogP contribution in [0.25, 0.3) is 33.4 Å². The van der Waals surface area contributed by atoms with Gasteiger partial charge in [0.25, 0.3) is 17.7 Å². The monoisotopic (exact) mass is 1340 g/mol. The first kappa shape index (κ1) is 73.8. The number of oxazole rings is 1. The van der Waals surface area contributed by atoms with E-state index < -0.39 is 71.7 Å². The summed E-state index contributed by atoms with van der Waals surface area (Å²) in [7, 11) is 3.25. The zero-order valence-electron chi connectivity index (χ0n) is 58.0. The molecule has 4 aliphatic rings. The number of amides is 1. The van der Waals surface area contributed by atoms with E-state index in [2.05, 4.69) is 25.3 Å².